The van der Waals surface area contributed by atoms with Crippen LogP contribution in [0.25, 0.3) is 5.65 Å². The summed E-state index contributed by atoms with van der Waals surface area (Å²) >= 11 is 5.92. The van der Waals surface area contributed by atoms with E-state index >= 15 is 0 Å². The summed E-state index contributed by atoms with van der Waals surface area (Å²) in [5.74, 6) is 1.51. The Morgan fingerprint density at radius 3 is 2.81 bits per heavy atom. The zero-order valence-electron chi connectivity index (χ0n) is 11.6. The Balaban J connectivity index is 1.60. The number of aromatic nitrogens is 2. The van der Waals surface area contributed by atoms with Gasteiger partial charge in [-0.2, -0.15) is 0 Å². The summed E-state index contributed by atoms with van der Waals surface area (Å²) in [5.41, 5.74) is 1.43. The molecule has 2 fully saturated rings. The van der Waals surface area contributed by atoms with Gasteiger partial charge < -0.3 is 5.32 Å². The lowest BCUT2D eigenvalue weighted by molar-refractivity contribution is 0.302. The first-order chi connectivity index (χ1) is 10.2. The van der Waals surface area contributed by atoms with Crippen LogP contribution in [0, 0.1) is 11.8 Å². The summed E-state index contributed by atoms with van der Waals surface area (Å²) in [4.78, 5) is 19.1. The van der Waals surface area contributed by atoms with E-state index in [1.165, 1.54) is 4.40 Å². The molecule has 0 radical (unpaired) electrons. The van der Waals surface area contributed by atoms with Gasteiger partial charge in [0.2, 0.25) is 0 Å². The second kappa shape index (κ2) is 5.09. The number of hydrogen-bond acceptors (Lipinski definition) is 4. The smallest absolute Gasteiger partial charge is 0.258 e. The quantitative estimate of drug-likeness (QED) is 0.899. The van der Waals surface area contributed by atoms with E-state index in [9.17, 15) is 4.79 Å². The van der Waals surface area contributed by atoms with E-state index in [1.807, 2.05) is 0 Å². The monoisotopic (exact) mass is 304 g/mol. The fourth-order valence-corrected chi connectivity index (χ4v) is 3.68. The van der Waals surface area contributed by atoms with Crippen molar-refractivity contribution in [2.75, 3.05) is 26.2 Å². The highest BCUT2D eigenvalue weighted by Gasteiger charge is 2.35. The van der Waals surface area contributed by atoms with E-state index in [4.69, 9.17) is 11.6 Å². The highest BCUT2D eigenvalue weighted by molar-refractivity contribution is 6.30. The van der Waals surface area contributed by atoms with Crippen molar-refractivity contribution >= 4 is 17.2 Å². The van der Waals surface area contributed by atoms with Crippen molar-refractivity contribution in [2.24, 2.45) is 11.8 Å². The molecule has 0 amide bonds. The van der Waals surface area contributed by atoms with E-state index in [-0.39, 0.29) is 5.56 Å². The van der Waals surface area contributed by atoms with E-state index in [1.54, 1.807) is 24.4 Å². The third kappa shape index (κ3) is 2.46. The SMILES string of the molecule is O=c1cc(CN2C[C@H]3CNC[C@H]3C2)nc2ccc(Cl)cn12. The molecule has 0 aromatic carbocycles. The van der Waals surface area contributed by atoms with E-state index in [2.05, 4.69) is 15.2 Å². The van der Waals surface area contributed by atoms with Gasteiger partial charge in [0.05, 0.1) is 10.7 Å². The van der Waals surface area contributed by atoms with Gasteiger partial charge in [-0.3, -0.25) is 14.1 Å². The van der Waals surface area contributed by atoms with Gasteiger partial charge >= 0.3 is 0 Å². The highest BCUT2D eigenvalue weighted by Crippen LogP contribution is 2.27. The number of halogens is 1. The van der Waals surface area contributed by atoms with Crippen LogP contribution in [0.2, 0.25) is 5.02 Å². The molecule has 0 saturated carbocycles. The lowest BCUT2D eigenvalue weighted by atomic mass is 10.0. The molecule has 110 valence electrons. The lowest BCUT2D eigenvalue weighted by Gasteiger charge is -2.16. The van der Waals surface area contributed by atoms with Gasteiger partial charge in [0.15, 0.2) is 0 Å². The summed E-state index contributed by atoms with van der Waals surface area (Å²) in [5, 5.41) is 3.98. The van der Waals surface area contributed by atoms with Gasteiger partial charge in [-0.15, -0.1) is 0 Å². The molecule has 1 N–H and O–H groups in total. The summed E-state index contributed by atoms with van der Waals surface area (Å²) < 4.78 is 1.49. The molecule has 2 aromatic rings. The number of fused-ring (bicyclic) bond motifs is 2. The van der Waals surface area contributed by atoms with Gasteiger partial charge in [-0.25, -0.2) is 4.98 Å². The van der Waals surface area contributed by atoms with Crippen LogP contribution < -0.4 is 10.9 Å². The topological polar surface area (TPSA) is 49.6 Å². The predicted octanol–water partition coefficient (Wildman–Crippen LogP) is 0.999. The molecule has 0 unspecified atom stereocenters. The van der Waals surface area contributed by atoms with Crippen LogP contribution in [0.1, 0.15) is 5.69 Å². The van der Waals surface area contributed by atoms with E-state index in [0.29, 0.717) is 10.7 Å². The standard InChI is InChI=1S/C15H17ClN4O/c16-12-1-2-14-18-13(3-15(21)20(14)8-12)9-19-6-10-4-17-5-11(10)7-19/h1-3,8,10-11,17H,4-7,9H2/t10-,11+. The van der Waals surface area contributed by atoms with Crippen molar-refractivity contribution in [2.45, 2.75) is 6.54 Å². The largest absolute Gasteiger partial charge is 0.316 e. The first-order valence-corrected chi connectivity index (χ1v) is 7.68. The molecule has 5 nitrogen and oxygen atoms in total. The molecule has 4 heterocycles. The van der Waals surface area contributed by atoms with Gasteiger partial charge in [0.1, 0.15) is 5.65 Å². The second-order valence-corrected chi connectivity index (χ2v) is 6.47. The number of hydrogen-bond donors (Lipinski definition) is 1. The molecule has 2 atom stereocenters. The Bertz CT molecular complexity index is 732. The lowest BCUT2D eigenvalue weighted by Crippen LogP contribution is -2.27. The second-order valence-electron chi connectivity index (χ2n) is 6.03. The maximum atomic E-state index is 12.2. The molecule has 2 aliphatic heterocycles. The normalized spacial score (nSPS) is 25.6. The highest BCUT2D eigenvalue weighted by atomic mass is 35.5. The Morgan fingerprint density at radius 1 is 1.29 bits per heavy atom. The summed E-state index contributed by atoms with van der Waals surface area (Å²) in [6, 6.07) is 5.17. The Hall–Kier alpha value is -1.43. The summed E-state index contributed by atoms with van der Waals surface area (Å²) in [6.45, 7) is 5.18. The Kier molecular flexibility index (Phi) is 3.21. The third-order valence-corrected chi connectivity index (χ3v) is 4.75. The van der Waals surface area contributed by atoms with Crippen molar-refractivity contribution in [3.63, 3.8) is 0 Å². The van der Waals surface area contributed by atoms with Crippen LogP contribution in [0.15, 0.2) is 29.2 Å². The molecule has 4 rings (SSSR count). The molecule has 21 heavy (non-hydrogen) atoms. The number of nitrogens with one attached hydrogen (secondary N) is 1. The van der Waals surface area contributed by atoms with Crippen LogP contribution in [0.5, 0.6) is 0 Å². The Morgan fingerprint density at radius 2 is 2.05 bits per heavy atom. The maximum Gasteiger partial charge on any atom is 0.258 e. The third-order valence-electron chi connectivity index (χ3n) is 4.53. The van der Waals surface area contributed by atoms with Crippen LogP contribution >= 0.6 is 11.6 Å². The minimum Gasteiger partial charge on any atom is -0.316 e. The average molecular weight is 305 g/mol. The van der Waals surface area contributed by atoms with Crippen LogP contribution in [-0.2, 0) is 6.54 Å². The number of rotatable bonds is 2. The number of nitrogens with zero attached hydrogens (tertiary/aromatic N) is 3. The van der Waals surface area contributed by atoms with Gasteiger partial charge in [0.25, 0.3) is 5.56 Å². The average Bonchev–Trinajstić information content (AvgIpc) is 3.00. The number of likely N-dealkylation sites (tertiary alicyclic amines) is 1. The van der Waals surface area contributed by atoms with Crippen LogP contribution in [0.3, 0.4) is 0 Å². The van der Waals surface area contributed by atoms with Crippen molar-refractivity contribution in [3.8, 4) is 0 Å². The first-order valence-electron chi connectivity index (χ1n) is 7.30. The molecular weight excluding hydrogens is 288 g/mol. The molecule has 2 aliphatic rings. The maximum absolute atomic E-state index is 12.2. The summed E-state index contributed by atoms with van der Waals surface area (Å²) in [6.07, 6.45) is 1.61. The molecule has 2 saturated heterocycles. The predicted molar refractivity (Wildman–Crippen MR) is 81.6 cm³/mol. The molecule has 2 aromatic heterocycles. The minimum atomic E-state index is -0.0708. The fourth-order valence-electron chi connectivity index (χ4n) is 3.52. The van der Waals surface area contributed by atoms with E-state index < -0.39 is 0 Å². The van der Waals surface area contributed by atoms with Crippen molar-refractivity contribution in [1.29, 1.82) is 0 Å². The molecule has 6 heteroatoms. The summed E-state index contributed by atoms with van der Waals surface area (Å²) in [7, 11) is 0. The van der Waals surface area contributed by atoms with Crippen LogP contribution in [-0.4, -0.2) is 40.5 Å². The van der Waals surface area contributed by atoms with Crippen LogP contribution in [0.4, 0.5) is 0 Å². The van der Waals surface area contributed by atoms with E-state index in [0.717, 1.165) is 50.3 Å². The van der Waals surface area contributed by atoms with Gasteiger partial charge in [0, 0.05) is 31.9 Å². The number of pyridine rings is 1. The van der Waals surface area contributed by atoms with Crippen molar-refractivity contribution in [3.05, 3.63) is 45.5 Å². The molecular formula is C15H17ClN4O. The van der Waals surface area contributed by atoms with Crippen molar-refractivity contribution in [1.82, 2.24) is 19.6 Å². The zero-order valence-corrected chi connectivity index (χ0v) is 12.4. The van der Waals surface area contributed by atoms with Gasteiger partial charge in [-0.05, 0) is 37.1 Å². The Labute approximate surface area is 127 Å². The minimum absolute atomic E-state index is 0.0708. The fraction of sp³-hybridized carbons (Fsp3) is 0.467. The molecule has 0 bridgehead atoms. The zero-order chi connectivity index (χ0) is 14.4. The molecule has 0 spiro atoms. The molecule has 0 aliphatic carbocycles. The first kappa shape index (κ1) is 13.2. The van der Waals surface area contributed by atoms with Crippen molar-refractivity contribution < 1.29 is 0 Å². The van der Waals surface area contributed by atoms with Gasteiger partial charge in [-0.1, -0.05) is 11.6 Å².